The number of benzene rings is 1. The number of hydrogen-bond donors (Lipinski definition) is 2. The van der Waals surface area contributed by atoms with Crippen LogP contribution < -0.4 is 15.4 Å². The zero-order valence-electron chi connectivity index (χ0n) is 16.9. The van der Waals surface area contributed by atoms with Crippen LogP contribution >= 0.6 is 0 Å². The van der Waals surface area contributed by atoms with Gasteiger partial charge in [0.25, 0.3) is 0 Å². The van der Waals surface area contributed by atoms with Gasteiger partial charge in [-0.15, -0.1) is 0 Å². The summed E-state index contributed by atoms with van der Waals surface area (Å²) >= 11 is 0. The quantitative estimate of drug-likeness (QED) is 0.567. The fourth-order valence-corrected chi connectivity index (χ4v) is 3.14. The van der Waals surface area contributed by atoms with Gasteiger partial charge in [-0.3, -0.25) is 14.9 Å². The van der Waals surface area contributed by atoms with Crippen LogP contribution in [0.5, 0.6) is 5.75 Å². The molecule has 0 saturated carbocycles. The Bertz CT molecular complexity index is 912. The number of amides is 3. The minimum absolute atomic E-state index is 0.247. The van der Waals surface area contributed by atoms with Crippen LogP contribution in [0.3, 0.4) is 0 Å². The Kier molecular flexibility index (Phi) is 6.10. The zero-order valence-corrected chi connectivity index (χ0v) is 16.9. The largest absolute Gasteiger partial charge is 0.494 e. The van der Waals surface area contributed by atoms with Crippen LogP contribution in [0.25, 0.3) is 11.0 Å². The molecule has 29 heavy (non-hydrogen) atoms. The number of carbonyl (C=O) groups excluding carboxylic acids is 3. The van der Waals surface area contributed by atoms with Crippen LogP contribution in [0.4, 0.5) is 4.79 Å². The van der Waals surface area contributed by atoms with Gasteiger partial charge in [0.05, 0.1) is 18.8 Å². The van der Waals surface area contributed by atoms with E-state index >= 15 is 0 Å². The van der Waals surface area contributed by atoms with Gasteiger partial charge in [-0.1, -0.05) is 0 Å². The Morgan fingerprint density at radius 3 is 2.83 bits per heavy atom. The SMILES string of the molecule is CC(C)(C)OC(=O)NCCCOc1ccc2occ(C3CCC(=O)NC3=O)c2c1. The fraction of sp³-hybridized carbons (Fsp3) is 0.476. The van der Waals surface area contributed by atoms with Crippen molar-refractivity contribution in [2.75, 3.05) is 13.2 Å². The van der Waals surface area contributed by atoms with Gasteiger partial charge in [0.15, 0.2) is 0 Å². The molecule has 0 radical (unpaired) electrons. The Hall–Kier alpha value is -3.03. The van der Waals surface area contributed by atoms with Crippen molar-refractivity contribution in [1.82, 2.24) is 10.6 Å². The molecule has 0 bridgehead atoms. The van der Waals surface area contributed by atoms with Gasteiger partial charge in [-0.25, -0.2) is 4.79 Å². The van der Waals surface area contributed by atoms with Crippen molar-refractivity contribution < 1.29 is 28.3 Å². The van der Waals surface area contributed by atoms with Crippen molar-refractivity contribution in [2.45, 2.75) is 51.6 Å². The maximum Gasteiger partial charge on any atom is 0.407 e. The van der Waals surface area contributed by atoms with Crippen molar-refractivity contribution in [3.63, 3.8) is 0 Å². The topological polar surface area (TPSA) is 107 Å². The molecule has 3 amide bonds. The molecule has 0 aliphatic carbocycles. The van der Waals surface area contributed by atoms with E-state index in [9.17, 15) is 14.4 Å². The minimum Gasteiger partial charge on any atom is -0.494 e. The first kappa shape index (κ1) is 20.7. The molecular formula is C21H26N2O6. The van der Waals surface area contributed by atoms with Gasteiger partial charge in [0, 0.05) is 23.9 Å². The zero-order chi connectivity index (χ0) is 21.0. The first-order valence-corrected chi connectivity index (χ1v) is 9.67. The monoisotopic (exact) mass is 402 g/mol. The molecule has 2 aromatic rings. The van der Waals surface area contributed by atoms with E-state index in [4.69, 9.17) is 13.9 Å². The lowest BCUT2D eigenvalue weighted by atomic mass is 9.90. The predicted molar refractivity (Wildman–Crippen MR) is 106 cm³/mol. The van der Waals surface area contributed by atoms with Crippen molar-refractivity contribution in [3.05, 3.63) is 30.0 Å². The second kappa shape index (κ2) is 8.55. The molecule has 2 N–H and O–H groups in total. The summed E-state index contributed by atoms with van der Waals surface area (Å²) in [5, 5.41) is 5.85. The van der Waals surface area contributed by atoms with Crippen LogP contribution in [0.1, 0.15) is 51.5 Å². The molecule has 1 fully saturated rings. The first-order chi connectivity index (χ1) is 13.7. The van der Waals surface area contributed by atoms with Crippen molar-refractivity contribution >= 4 is 28.9 Å². The van der Waals surface area contributed by atoms with Crippen LogP contribution in [-0.2, 0) is 14.3 Å². The summed E-state index contributed by atoms with van der Waals surface area (Å²) in [6, 6.07) is 5.42. The van der Waals surface area contributed by atoms with E-state index in [1.165, 1.54) is 0 Å². The number of hydrogen-bond acceptors (Lipinski definition) is 6. The average Bonchev–Trinajstić information content (AvgIpc) is 3.03. The third kappa shape index (κ3) is 5.49. The van der Waals surface area contributed by atoms with Gasteiger partial charge in [0.1, 0.15) is 16.9 Å². The summed E-state index contributed by atoms with van der Waals surface area (Å²) in [7, 11) is 0. The highest BCUT2D eigenvalue weighted by molar-refractivity contribution is 6.02. The second-order valence-electron chi connectivity index (χ2n) is 7.98. The average molecular weight is 402 g/mol. The first-order valence-electron chi connectivity index (χ1n) is 9.67. The second-order valence-corrected chi connectivity index (χ2v) is 7.98. The Labute approximate surface area is 168 Å². The lowest BCUT2D eigenvalue weighted by Crippen LogP contribution is -2.39. The summed E-state index contributed by atoms with van der Waals surface area (Å²) in [6.07, 6.45) is 2.50. The Balaban J connectivity index is 1.55. The molecule has 1 unspecified atom stereocenters. The van der Waals surface area contributed by atoms with E-state index in [1.807, 2.05) is 26.8 Å². The summed E-state index contributed by atoms with van der Waals surface area (Å²) in [5.74, 6) is -0.321. The highest BCUT2D eigenvalue weighted by atomic mass is 16.6. The summed E-state index contributed by atoms with van der Waals surface area (Å²) in [5.41, 5.74) is 0.881. The summed E-state index contributed by atoms with van der Waals surface area (Å²) in [4.78, 5) is 35.2. The molecule has 2 heterocycles. The van der Waals surface area contributed by atoms with E-state index in [0.29, 0.717) is 43.7 Å². The Morgan fingerprint density at radius 1 is 1.31 bits per heavy atom. The standard InChI is InChI=1S/C21H26N2O6/c1-21(2,3)29-20(26)22-9-4-10-27-13-5-7-17-15(11-13)16(12-28-17)14-6-8-18(24)23-19(14)25/h5,7,11-12,14H,4,6,8-10H2,1-3H3,(H,22,26)(H,23,24,25). The number of ether oxygens (including phenoxy) is 2. The molecule has 0 spiro atoms. The van der Waals surface area contributed by atoms with E-state index in [0.717, 1.165) is 10.9 Å². The molecule has 1 aromatic carbocycles. The molecule has 1 aromatic heterocycles. The van der Waals surface area contributed by atoms with Crippen LogP contribution in [0.2, 0.25) is 0 Å². The molecule has 8 heteroatoms. The number of fused-ring (bicyclic) bond motifs is 1. The van der Waals surface area contributed by atoms with E-state index < -0.39 is 17.6 Å². The molecule has 156 valence electrons. The molecule has 1 atom stereocenters. The molecular weight excluding hydrogens is 376 g/mol. The number of carbonyl (C=O) groups is 3. The Morgan fingerprint density at radius 2 is 2.10 bits per heavy atom. The summed E-state index contributed by atoms with van der Waals surface area (Å²) < 4.78 is 16.5. The van der Waals surface area contributed by atoms with E-state index in [2.05, 4.69) is 10.6 Å². The van der Waals surface area contributed by atoms with Crippen LogP contribution in [-0.4, -0.2) is 36.7 Å². The number of alkyl carbamates (subject to hydrolysis) is 1. The number of nitrogens with one attached hydrogen (secondary N) is 2. The highest BCUT2D eigenvalue weighted by Gasteiger charge is 2.30. The molecule has 1 saturated heterocycles. The van der Waals surface area contributed by atoms with Gasteiger partial charge in [0.2, 0.25) is 11.8 Å². The lowest BCUT2D eigenvalue weighted by Gasteiger charge is -2.20. The third-order valence-electron chi connectivity index (χ3n) is 4.45. The molecule has 1 aliphatic rings. The predicted octanol–water partition coefficient (Wildman–Crippen LogP) is 3.25. The third-order valence-corrected chi connectivity index (χ3v) is 4.45. The smallest absolute Gasteiger partial charge is 0.407 e. The van der Waals surface area contributed by atoms with E-state index in [-0.39, 0.29) is 11.8 Å². The normalized spacial score (nSPS) is 17.1. The fourth-order valence-electron chi connectivity index (χ4n) is 3.14. The van der Waals surface area contributed by atoms with Gasteiger partial charge >= 0.3 is 6.09 Å². The maximum atomic E-state index is 12.2. The number of piperidine rings is 1. The highest BCUT2D eigenvalue weighted by Crippen LogP contribution is 2.34. The minimum atomic E-state index is -0.527. The number of imide groups is 1. The number of furan rings is 1. The van der Waals surface area contributed by atoms with Gasteiger partial charge < -0.3 is 19.2 Å². The molecule has 1 aliphatic heterocycles. The van der Waals surface area contributed by atoms with Crippen LogP contribution in [0, 0.1) is 0 Å². The van der Waals surface area contributed by atoms with Crippen molar-refractivity contribution in [2.24, 2.45) is 0 Å². The summed E-state index contributed by atoms with van der Waals surface area (Å²) in [6.45, 7) is 6.28. The lowest BCUT2D eigenvalue weighted by molar-refractivity contribution is -0.134. The maximum absolute atomic E-state index is 12.2. The van der Waals surface area contributed by atoms with Gasteiger partial charge in [-0.2, -0.15) is 0 Å². The molecule has 8 nitrogen and oxygen atoms in total. The molecule has 3 rings (SSSR count). The van der Waals surface area contributed by atoms with Crippen molar-refractivity contribution in [3.8, 4) is 5.75 Å². The number of rotatable bonds is 6. The van der Waals surface area contributed by atoms with Crippen LogP contribution in [0.15, 0.2) is 28.9 Å². The van der Waals surface area contributed by atoms with Gasteiger partial charge in [-0.05, 0) is 51.8 Å². The van der Waals surface area contributed by atoms with E-state index in [1.54, 1.807) is 18.4 Å². The van der Waals surface area contributed by atoms with Crippen molar-refractivity contribution in [1.29, 1.82) is 0 Å².